The Balaban J connectivity index is 1.66. The Morgan fingerprint density at radius 2 is 2.14 bits per heavy atom. The fourth-order valence-corrected chi connectivity index (χ4v) is 4.15. The van der Waals surface area contributed by atoms with Crippen LogP contribution in [-0.2, 0) is 9.53 Å². The van der Waals surface area contributed by atoms with Gasteiger partial charge in [-0.1, -0.05) is 31.5 Å². The third kappa shape index (κ3) is 6.21. The Labute approximate surface area is 212 Å². The molecule has 7 heteroatoms. The zero-order chi connectivity index (χ0) is 25.3. The molecule has 1 amide bonds. The summed E-state index contributed by atoms with van der Waals surface area (Å²) in [5.74, 6) is 0.401. The SMILES string of the molecule is CCCCOc1ccc(-c2nn(-c3ccccc3)cc2/C=C(\C#N)C(=O)NC[C@@H]2CCCO2)c(C)c1. The summed E-state index contributed by atoms with van der Waals surface area (Å²) >= 11 is 0. The van der Waals surface area contributed by atoms with Gasteiger partial charge in [-0.3, -0.25) is 4.79 Å². The Morgan fingerprint density at radius 3 is 2.83 bits per heavy atom. The van der Waals surface area contributed by atoms with Crippen LogP contribution in [0.3, 0.4) is 0 Å². The van der Waals surface area contributed by atoms with Crippen LogP contribution in [0.2, 0.25) is 0 Å². The van der Waals surface area contributed by atoms with E-state index in [2.05, 4.69) is 18.3 Å². The molecular formula is C29H32N4O3. The molecule has 0 aliphatic carbocycles. The molecule has 0 spiro atoms. The minimum Gasteiger partial charge on any atom is -0.494 e. The number of unbranched alkanes of at least 4 members (excludes halogenated alkanes) is 1. The van der Waals surface area contributed by atoms with Gasteiger partial charge in [0.05, 0.1) is 18.4 Å². The first kappa shape index (κ1) is 25.2. The number of ether oxygens (including phenoxy) is 2. The lowest BCUT2D eigenvalue weighted by atomic mass is 10.0. The van der Waals surface area contributed by atoms with E-state index in [4.69, 9.17) is 14.6 Å². The Morgan fingerprint density at radius 1 is 1.31 bits per heavy atom. The molecule has 2 aromatic carbocycles. The van der Waals surface area contributed by atoms with Crippen molar-refractivity contribution in [3.63, 3.8) is 0 Å². The highest BCUT2D eigenvalue weighted by Crippen LogP contribution is 2.31. The summed E-state index contributed by atoms with van der Waals surface area (Å²) in [6.45, 7) is 5.93. The monoisotopic (exact) mass is 484 g/mol. The summed E-state index contributed by atoms with van der Waals surface area (Å²) in [4.78, 5) is 12.8. The molecule has 36 heavy (non-hydrogen) atoms. The maximum atomic E-state index is 12.8. The Kier molecular flexibility index (Phi) is 8.53. The number of nitriles is 1. The number of para-hydroxylation sites is 1. The van der Waals surface area contributed by atoms with Gasteiger partial charge < -0.3 is 14.8 Å². The van der Waals surface area contributed by atoms with E-state index in [9.17, 15) is 10.1 Å². The van der Waals surface area contributed by atoms with Crippen LogP contribution in [0.5, 0.6) is 5.75 Å². The number of rotatable bonds is 10. The summed E-state index contributed by atoms with van der Waals surface area (Å²) in [7, 11) is 0. The van der Waals surface area contributed by atoms with E-state index in [1.807, 2.05) is 61.7 Å². The average Bonchev–Trinajstić information content (AvgIpc) is 3.57. The van der Waals surface area contributed by atoms with Crippen LogP contribution in [0.15, 0.2) is 60.3 Å². The van der Waals surface area contributed by atoms with Crippen molar-refractivity contribution in [3.8, 4) is 28.8 Å². The zero-order valence-corrected chi connectivity index (χ0v) is 20.9. The fourth-order valence-electron chi connectivity index (χ4n) is 4.15. The molecule has 1 saturated heterocycles. The lowest BCUT2D eigenvalue weighted by molar-refractivity contribution is -0.117. The van der Waals surface area contributed by atoms with E-state index in [0.29, 0.717) is 31.0 Å². The Bertz CT molecular complexity index is 1250. The third-order valence-electron chi connectivity index (χ3n) is 6.16. The van der Waals surface area contributed by atoms with Crippen LogP contribution in [0.1, 0.15) is 43.7 Å². The Hall–Kier alpha value is -3.89. The molecule has 0 bridgehead atoms. The zero-order valence-electron chi connectivity index (χ0n) is 20.9. The molecule has 1 aliphatic rings. The number of carbonyl (C=O) groups is 1. The first-order valence-corrected chi connectivity index (χ1v) is 12.5. The summed E-state index contributed by atoms with van der Waals surface area (Å²) in [6.07, 6.45) is 7.45. The molecule has 1 N–H and O–H groups in total. The van der Waals surface area contributed by atoms with E-state index in [-0.39, 0.29) is 11.7 Å². The molecule has 1 atom stereocenters. The van der Waals surface area contributed by atoms with Gasteiger partial charge in [0.15, 0.2) is 0 Å². The molecule has 1 fully saturated rings. The second kappa shape index (κ2) is 12.2. The van der Waals surface area contributed by atoms with Gasteiger partial charge in [0.1, 0.15) is 23.1 Å². The van der Waals surface area contributed by atoms with E-state index < -0.39 is 5.91 Å². The maximum Gasteiger partial charge on any atom is 0.262 e. The number of amides is 1. The predicted octanol–water partition coefficient (Wildman–Crippen LogP) is 5.23. The second-order valence-electron chi connectivity index (χ2n) is 8.91. The van der Waals surface area contributed by atoms with Crippen molar-refractivity contribution in [2.45, 2.75) is 45.6 Å². The van der Waals surface area contributed by atoms with Crippen LogP contribution in [0.4, 0.5) is 0 Å². The summed E-state index contributed by atoms with van der Waals surface area (Å²) < 4.78 is 13.2. The number of aromatic nitrogens is 2. The first-order chi connectivity index (χ1) is 17.6. The van der Waals surface area contributed by atoms with Gasteiger partial charge in [0.25, 0.3) is 5.91 Å². The van der Waals surface area contributed by atoms with Gasteiger partial charge in [-0.2, -0.15) is 10.4 Å². The number of hydrogen-bond donors (Lipinski definition) is 1. The summed E-state index contributed by atoms with van der Waals surface area (Å²) in [6, 6.07) is 17.7. The van der Waals surface area contributed by atoms with Gasteiger partial charge in [0.2, 0.25) is 0 Å². The standard InChI is InChI=1S/C29H32N4O3/c1-3-4-14-35-25-12-13-27(21(2)16-25)28-23(20-33(32-28)24-9-6-5-7-10-24)17-22(18-30)29(34)31-19-26-11-8-15-36-26/h5-7,9-10,12-13,16-17,20,26H,3-4,8,11,14-15,19H2,1-2H3,(H,31,34)/b22-17+/t26-/m0/s1. The van der Waals surface area contributed by atoms with Gasteiger partial charge in [-0.25, -0.2) is 4.68 Å². The van der Waals surface area contributed by atoms with E-state index in [1.54, 1.807) is 10.8 Å². The smallest absolute Gasteiger partial charge is 0.262 e. The third-order valence-corrected chi connectivity index (χ3v) is 6.16. The number of aryl methyl sites for hydroxylation is 1. The number of nitrogens with zero attached hydrogens (tertiary/aromatic N) is 3. The van der Waals surface area contributed by atoms with Crippen molar-refractivity contribution in [3.05, 3.63) is 71.4 Å². The molecule has 2 heterocycles. The lowest BCUT2D eigenvalue weighted by Crippen LogP contribution is -2.32. The van der Waals surface area contributed by atoms with Crippen LogP contribution in [-0.4, -0.2) is 41.6 Å². The van der Waals surface area contributed by atoms with E-state index in [1.165, 1.54) is 0 Å². The van der Waals surface area contributed by atoms with Crippen LogP contribution in [0.25, 0.3) is 23.0 Å². The molecule has 186 valence electrons. The van der Waals surface area contributed by atoms with Crippen molar-refractivity contribution in [2.24, 2.45) is 0 Å². The topological polar surface area (TPSA) is 89.2 Å². The molecule has 4 rings (SSSR count). The van der Waals surface area contributed by atoms with Gasteiger partial charge in [0, 0.05) is 30.5 Å². The lowest BCUT2D eigenvalue weighted by Gasteiger charge is -2.10. The van der Waals surface area contributed by atoms with Crippen molar-refractivity contribution in [1.82, 2.24) is 15.1 Å². The van der Waals surface area contributed by atoms with Crippen molar-refractivity contribution < 1.29 is 14.3 Å². The first-order valence-electron chi connectivity index (χ1n) is 12.5. The van der Waals surface area contributed by atoms with Crippen molar-refractivity contribution >= 4 is 12.0 Å². The average molecular weight is 485 g/mol. The molecule has 1 aromatic heterocycles. The quantitative estimate of drug-likeness (QED) is 0.242. The molecule has 0 unspecified atom stereocenters. The highest BCUT2D eigenvalue weighted by Gasteiger charge is 2.19. The highest BCUT2D eigenvalue weighted by molar-refractivity contribution is 6.02. The summed E-state index contributed by atoms with van der Waals surface area (Å²) in [5, 5.41) is 17.5. The second-order valence-corrected chi connectivity index (χ2v) is 8.91. The minimum atomic E-state index is -0.414. The van der Waals surface area contributed by atoms with Gasteiger partial charge >= 0.3 is 0 Å². The van der Waals surface area contributed by atoms with Crippen molar-refractivity contribution in [2.75, 3.05) is 19.8 Å². The van der Waals surface area contributed by atoms with Crippen LogP contribution < -0.4 is 10.1 Å². The van der Waals surface area contributed by atoms with E-state index >= 15 is 0 Å². The van der Waals surface area contributed by atoms with Gasteiger partial charge in [-0.15, -0.1) is 0 Å². The fraction of sp³-hybridized carbons (Fsp3) is 0.345. The molecule has 0 saturated carbocycles. The predicted molar refractivity (Wildman–Crippen MR) is 140 cm³/mol. The number of hydrogen-bond acceptors (Lipinski definition) is 5. The summed E-state index contributed by atoms with van der Waals surface area (Å²) in [5.41, 5.74) is 4.20. The van der Waals surface area contributed by atoms with Crippen LogP contribution in [0, 0.1) is 18.3 Å². The largest absolute Gasteiger partial charge is 0.494 e. The van der Waals surface area contributed by atoms with Crippen molar-refractivity contribution in [1.29, 1.82) is 5.26 Å². The normalized spacial score (nSPS) is 15.5. The molecular weight excluding hydrogens is 452 g/mol. The molecule has 3 aromatic rings. The molecule has 7 nitrogen and oxygen atoms in total. The number of carbonyl (C=O) groups excluding carboxylic acids is 1. The molecule has 1 aliphatic heterocycles. The highest BCUT2D eigenvalue weighted by atomic mass is 16.5. The minimum absolute atomic E-state index is 0.00555. The number of benzene rings is 2. The number of nitrogens with one attached hydrogen (secondary N) is 1. The molecule has 0 radical (unpaired) electrons. The van der Waals surface area contributed by atoms with E-state index in [0.717, 1.165) is 48.2 Å². The maximum absolute atomic E-state index is 12.8. The van der Waals surface area contributed by atoms with Gasteiger partial charge in [-0.05, 0) is 68.2 Å². The van der Waals surface area contributed by atoms with Crippen LogP contribution >= 0.6 is 0 Å².